The van der Waals surface area contributed by atoms with Crippen LogP contribution in [0.15, 0.2) is 18.7 Å². The minimum Gasteiger partial charge on any atom is -0.481 e. The van der Waals surface area contributed by atoms with E-state index in [4.69, 9.17) is 4.74 Å². The Hall–Kier alpha value is -2.44. The summed E-state index contributed by atoms with van der Waals surface area (Å²) >= 11 is 0. The molecule has 120 valence electrons. The van der Waals surface area contributed by atoms with Crippen molar-refractivity contribution in [1.29, 1.82) is 0 Å². The van der Waals surface area contributed by atoms with Gasteiger partial charge in [0.25, 0.3) is 0 Å². The van der Waals surface area contributed by atoms with Crippen molar-refractivity contribution in [2.75, 3.05) is 43.1 Å². The molecule has 0 spiro atoms. The Morgan fingerprint density at radius 2 is 1.70 bits per heavy atom. The predicted molar refractivity (Wildman–Crippen MR) is 87.1 cm³/mol. The third-order valence-electron chi connectivity index (χ3n) is 4.59. The number of methoxy groups -OCH3 is 1. The Balaban J connectivity index is 1.48. The van der Waals surface area contributed by atoms with Crippen LogP contribution in [0.2, 0.25) is 0 Å². The van der Waals surface area contributed by atoms with E-state index in [2.05, 4.69) is 29.7 Å². The van der Waals surface area contributed by atoms with E-state index in [1.165, 1.54) is 17.7 Å². The van der Waals surface area contributed by atoms with Gasteiger partial charge in [0.2, 0.25) is 5.88 Å². The Morgan fingerprint density at radius 1 is 0.913 bits per heavy atom. The van der Waals surface area contributed by atoms with Crippen LogP contribution in [0.25, 0.3) is 0 Å². The fourth-order valence-corrected chi connectivity index (χ4v) is 3.38. The van der Waals surface area contributed by atoms with Gasteiger partial charge in [0.15, 0.2) is 0 Å². The first-order chi connectivity index (χ1) is 11.3. The molecule has 7 nitrogen and oxygen atoms in total. The standard InChI is InChI=1S/C16H20N6O/c1-23-15-9-14(18-11-19-15)21-5-7-22(8-6-21)16-12-3-2-4-13(12)17-10-20-16/h9-11H,2-8H2,1H3. The molecule has 1 saturated heterocycles. The molecule has 2 aromatic heterocycles. The summed E-state index contributed by atoms with van der Waals surface area (Å²) in [7, 11) is 1.62. The quantitative estimate of drug-likeness (QED) is 0.840. The number of aryl methyl sites for hydroxylation is 1. The summed E-state index contributed by atoms with van der Waals surface area (Å²) in [6.07, 6.45) is 6.65. The molecule has 0 saturated carbocycles. The smallest absolute Gasteiger partial charge is 0.218 e. The highest BCUT2D eigenvalue weighted by Gasteiger charge is 2.24. The predicted octanol–water partition coefficient (Wildman–Crippen LogP) is 1.09. The summed E-state index contributed by atoms with van der Waals surface area (Å²) in [5.74, 6) is 2.66. The summed E-state index contributed by atoms with van der Waals surface area (Å²) in [5.41, 5.74) is 2.59. The van der Waals surface area contributed by atoms with E-state index in [0.717, 1.165) is 50.7 Å². The Bertz CT molecular complexity index is 699. The molecule has 23 heavy (non-hydrogen) atoms. The summed E-state index contributed by atoms with van der Waals surface area (Å²) in [6, 6.07) is 1.89. The van der Waals surface area contributed by atoms with Crippen LogP contribution in [0.5, 0.6) is 5.88 Å². The summed E-state index contributed by atoms with van der Waals surface area (Å²) in [4.78, 5) is 22.0. The van der Waals surface area contributed by atoms with Crippen LogP contribution >= 0.6 is 0 Å². The number of ether oxygens (including phenoxy) is 1. The molecule has 0 aromatic carbocycles. The topological polar surface area (TPSA) is 67.3 Å². The fourth-order valence-electron chi connectivity index (χ4n) is 3.38. The third-order valence-corrected chi connectivity index (χ3v) is 4.59. The molecule has 3 heterocycles. The second kappa shape index (κ2) is 5.98. The Kier molecular flexibility index (Phi) is 3.69. The van der Waals surface area contributed by atoms with Crippen molar-refractivity contribution < 1.29 is 4.74 Å². The van der Waals surface area contributed by atoms with Crippen LogP contribution < -0.4 is 14.5 Å². The lowest BCUT2D eigenvalue weighted by atomic mass is 10.2. The number of fused-ring (bicyclic) bond motifs is 1. The number of rotatable bonds is 3. The second-order valence-corrected chi connectivity index (χ2v) is 5.87. The molecule has 0 unspecified atom stereocenters. The van der Waals surface area contributed by atoms with Gasteiger partial charge in [-0.25, -0.2) is 19.9 Å². The molecule has 1 fully saturated rings. The highest BCUT2D eigenvalue weighted by atomic mass is 16.5. The van der Waals surface area contributed by atoms with Gasteiger partial charge in [-0.05, 0) is 19.3 Å². The molecule has 0 radical (unpaired) electrons. The monoisotopic (exact) mass is 312 g/mol. The summed E-state index contributed by atoms with van der Waals surface area (Å²) in [5, 5.41) is 0. The van der Waals surface area contributed by atoms with E-state index in [0.29, 0.717) is 5.88 Å². The van der Waals surface area contributed by atoms with Crippen molar-refractivity contribution in [3.63, 3.8) is 0 Å². The van der Waals surface area contributed by atoms with Crippen LogP contribution in [0.4, 0.5) is 11.6 Å². The molecule has 0 atom stereocenters. The molecular formula is C16H20N6O. The van der Waals surface area contributed by atoms with Crippen molar-refractivity contribution in [3.8, 4) is 5.88 Å². The molecule has 0 bridgehead atoms. The van der Waals surface area contributed by atoms with Gasteiger partial charge in [-0.1, -0.05) is 0 Å². The number of aromatic nitrogens is 4. The highest BCUT2D eigenvalue weighted by Crippen LogP contribution is 2.29. The van der Waals surface area contributed by atoms with Gasteiger partial charge in [0.05, 0.1) is 7.11 Å². The van der Waals surface area contributed by atoms with Crippen LogP contribution in [-0.4, -0.2) is 53.2 Å². The first-order valence-corrected chi connectivity index (χ1v) is 8.04. The molecular weight excluding hydrogens is 292 g/mol. The number of anilines is 2. The van der Waals surface area contributed by atoms with Gasteiger partial charge in [-0.15, -0.1) is 0 Å². The van der Waals surface area contributed by atoms with Crippen molar-refractivity contribution in [2.24, 2.45) is 0 Å². The normalized spacial score (nSPS) is 17.3. The third kappa shape index (κ3) is 2.67. The molecule has 2 aliphatic rings. The summed E-state index contributed by atoms with van der Waals surface area (Å²) < 4.78 is 5.18. The van der Waals surface area contributed by atoms with Gasteiger partial charge < -0.3 is 14.5 Å². The van der Waals surface area contributed by atoms with E-state index in [1.54, 1.807) is 19.8 Å². The van der Waals surface area contributed by atoms with Crippen LogP contribution in [0.3, 0.4) is 0 Å². The van der Waals surface area contributed by atoms with Gasteiger partial charge >= 0.3 is 0 Å². The first-order valence-electron chi connectivity index (χ1n) is 8.04. The SMILES string of the molecule is COc1cc(N2CCN(c3ncnc4c3CCC4)CC2)ncn1. The first kappa shape index (κ1) is 14.2. The molecule has 0 amide bonds. The van der Waals surface area contributed by atoms with E-state index >= 15 is 0 Å². The maximum absolute atomic E-state index is 5.18. The van der Waals surface area contributed by atoms with E-state index in [9.17, 15) is 0 Å². The van der Waals surface area contributed by atoms with Crippen LogP contribution in [0, 0.1) is 0 Å². The van der Waals surface area contributed by atoms with E-state index < -0.39 is 0 Å². The number of piperazine rings is 1. The lowest BCUT2D eigenvalue weighted by molar-refractivity contribution is 0.396. The van der Waals surface area contributed by atoms with Gasteiger partial charge in [-0.2, -0.15) is 0 Å². The van der Waals surface area contributed by atoms with Gasteiger partial charge in [0, 0.05) is 43.5 Å². The Morgan fingerprint density at radius 3 is 2.52 bits per heavy atom. The number of nitrogens with zero attached hydrogens (tertiary/aromatic N) is 6. The average Bonchev–Trinajstić information content (AvgIpc) is 3.11. The van der Waals surface area contributed by atoms with E-state index in [-0.39, 0.29) is 0 Å². The molecule has 4 rings (SSSR count). The largest absolute Gasteiger partial charge is 0.481 e. The number of hydrogen-bond donors (Lipinski definition) is 0. The summed E-state index contributed by atoms with van der Waals surface area (Å²) in [6.45, 7) is 3.71. The molecule has 1 aliphatic carbocycles. The zero-order chi connectivity index (χ0) is 15.6. The van der Waals surface area contributed by atoms with Crippen molar-refractivity contribution >= 4 is 11.6 Å². The lowest BCUT2D eigenvalue weighted by Crippen LogP contribution is -2.47. The zero-order valence-electron chi connectivity index (χ0n) is 13.3. The molecule has 0 N–H and O–H groups in total. The molecule has 7 heteroatoms. The lowest BCUT2D eigenvalue weighted by Gasteiger charge is -2.36. The van der Waals surface area contributed by atoms with Crippen LogP contribution in [-0.2, 0) is 12.8 Å². The average molecular weight is 312 g/mol. The Labute approximate surface area is 135 Å². The van der Waals surface area contributed by atoms with Crippen molar-refractivity contribution in [3.05, 3.63) is 30.0 Å². The fraction of sp³-hybridized carbons (Fsp3) is 0.500. The highest BCUT2D eigenvalue weighted by molar-refractivity contribution is 5.52. The van der Waals surface area contributed by atoms with Crippen molar-refractivity contribution in [2.45, 2.75) is 19.3 Å². The number of hydrogen-bond acceptors (Lipinski definition) is 7. The van der Waals surface area contributed by atoms with Gasteiger partial charge in [0.1, 0.15) is 24.3 Å². The van der Waals surface area contributed by atoms with Crippen LogP contribution in [0.1, 0.15) is 17.7 Å². The second-order valence-electron chi connectivity index (χ2n) is 5.87. The van der Waals surface area contributed by atoms with Crippen molar-refractivity contribution in [1.82, 2.24) is 19.9 Å². The minimum atomic E-state index is 0.603. The molecule has 1 aliphatic heterocycles. The van der Waals surface area contributed by atoms with E-state index in [1.807, 2.05) is 6.07 Å². The maximum Gasteiger partial charge on any atom is 0.218 e. The molecule has 2 aromatic rings. The minimum absolute atomic E-state index is 0.603. The maximum atomic E-state index is 5.18. The van der Waals surface area contributed by atoms with Gasteiger partial charge in [-0.3, -0.25) is 0 Å². The zero-order valence-corrected chi connectivity index (χ0v) is 13.3.